The Morgan fingerprint density at radius 1 is 0.731 bits per heavy atom. The zero-order valence-corrected chi connectivity index (χ0v) is 15.2. The number of rotatable bonds is 2. The van der Waals surface area contributed by atoms with Gasteiger partial charge in [0.15, 0.2) is 0 Å². The van der Waals surface area contributed by atoms with Gasteiger partial charge < -0.3 is 0 Å². The van der Waals surface area contributed by atoms with Crippen LogP contribution in [-0.2, 0) is 10.0 Å². The molecule has 0 aliphatic heterocycles. The van der Waals surface area contributed by atoms with Gasteiger partial charge >= 0.3 is 0 Å². The summed E-state index contributed by atoms with van der Waals surface area (Å²) in [6.07, 6.45) is 0. The Bertz CT molecular complexity index is 1320. The number of hydrogen-bond acceptors (Lipinski definition) is 3. The summed E-state index contributed by atoms with van der Waals surface area (Å²) < 4.78 is 27.5. The molecule has 1 aromatic heterocycles. The van der Waals surface area contributed by atoms with Gasteiger partial charge in [-0.25, -0.2) is 8.42 Å². The lowest BCUT2D eigenvalue weighted by Crippen LogP contribution is -2.28. The Morgan fingerprint density at radius 3 is 2.12 bits per heavy atom. The van der Waals surface area contributed by atoms with E-state index in [2.05, 4.69) is 0 Å². The van der Waals surface area contributed by atoms with Crippen LogP contribution in [0.3, 0.4) is 0 Å². The topological polar surface area (TPSA) is 56.1 Å². The molecule has 3 aromatic carbocycles. The zero-order valence-electron chi connectivity index (χ0n) is 14.4. The highest BCUT2D eigenvalue weighted by atomic mass is 32.2. The molecule has 0 spiro atoms. The maximum Gasteiger partial charge on any atom is 0.272 e. The third-order valence-corrected chi connectivity index (χ3v) is 6.27. The van der Waals surface area contributed by atoms with Gasteiger partial charge in [0.2, 0.25) is 0 Å². The molecule has 0 saturated heterocycles. The van der Waals surface area contributed by atoms with E-state index in [0.717, 1.165) is 25.9 Å². The summed E-state index contributed by atoms with van der Waals surface area (Å²) in [5.41, 5.74) is 1.72. The van der Waals surface area contributed by atoms with E-state index in [1.165, 1.54) is 12.1 Å². The van der Waals surface area contributed by atoms with Gasteiger partial charge in [-0.1, -0.05) is 53.6 Å². The summed E-state index contributed by atoms with van der Waals surface area (Å²) in [7, 11) is -4.01. The second-order valence-electron chi connectivity index (χ2n) is 6.45. The lowest BCUT2D eigenvalue weighted by Gasteiger charge is -2.14. The Morgan fingerprint density at radius 2 is 1.38 bits per heavy atom. The number of nitrogens with zero attached hydrogens (tertiary/aromatic N) is 1. The molecule has 0 radical (unpaired) electrons. The van der Waals surface area contributed by atoms with Crippen LogP contribution in [-0.4, -0.2) is 12.4 Å². The molecule has 5 heteroatoms. The first-order valence-corrected chi connectivity index (χ1v) is 9.70. The van der Waals surface area contributed by atoms with Crippen molar-refractivity contribution in [3.8, 4) is 0 Å². The summed E-state index contributed by atoms with van der Waals surface area (Å²) in [6.45, 7) is 3.77. The quantitative estimate of drug-likeness (QED) is 0.506. The van der Waals surface area contributed by atoms with E-state index in [1.807, 2.05) is 38.1 Å². The minimum Gasteiger partial charge on any atom is -0.268 e. The number of benzene rings is 3. The average Bonchev–Trinajstić information content (AvgIpc) is 2.62. The van der Waals surface area contributed by atoms with Crippen molar-refractivity contribution in [1.29, 1.82) is 0 Å². The predicted molar refractivity (Wildman–Crippen MR) is 104 cm³/mol. The van der Waals surface area contributed by atoms with E-state index in [0.29, 0.717) is 10.9 Å². The van der Waals surface area contributed by atoms with Crippen LogP contribution in [0, 0.1) is 13.8 Å². The molecule has 26 heavy (non-hydrogen) atoms. The van der Waals surface area contributed by atoms with E-state index >= 15 is 0 Å². The van der Waals surface area contributed by atoms with E-state index in [4.69, 9.17) is 0 Å². The number of pyridine rings is 1. The summed E-state index contributed by atoms with van der Waals surface area (Å²) in [4.78, 5) is 13.3. The first-order chi connectivity index (χ1) is 12.4. The molecule has 0 aliphatic rings. The van der Waals surface area contributed by atoms with Gasteiger partial charge in [-0.15, -0.1) is 0 Å². The van der Waals surface area contributed by atoms with Crippen molar-refractivity contribution < 1.29 is 8.42 Å². The summed E-state index contributed by atoms with van der Waals surface area (Å²) >= 11 is 0. The molecule has 1 heterocycles. The van der Waals surface area contributed by atoms with Crippen LogP contribution in [0.1, 0.15) is 11.1 Å². The van der Waals surface area contributed by atoms with Gasteiger partial charge in [-0.2, -0.15) is 3.97 Å². The van der Waals surface area contributed by atoms with Gasteiger partial charge in [-0.3, -0.25) is 4.79 Å². The van der Waals surface area contributed by atoms with Crippen LogP contribution < -0.4 is 5.56 Å². The lowest BCUT2D eigenvalue weighted by molar-refractivity contribution is 0.587. The molecule has 0 atom stereocenters. The monoisotopic (exact) mass is 363 g/mol. The van der Waals surface area contributed by atoms with Gasteiger partial charge in [0.25, 0.3) is 15.6 Å². The molecule has 0 aliphatic carbocycles. The molecule has 0 amide bonds. The minimum atomic E-state index is -4.01. The number of aryl methyl sites for hydroxylation is 2. The first-order valence-electron chi connectivity index (χ1n) is 8.26. The maximum absolute atomic E-state index is 13.3. The molecule has 0 unspecified atom stereocenters. The minimum absolute atomic E-state index is 0.0994. The highest BCUT2D eigenvalue weighted by Crippen LogP contribution is 2.26. The predicted octanol–water partition coefficient (Wildman–Crippen LogP) is 4.01. The number of para-hydroxylation sites is 1. The van der Waals surface area contributed by atoms with Crippen molar-refractivity contribution in [2.24, 2.45) is 0 Å². The van der Waals surface area contributed by atoms with Crippen molar-refractivity contribution >= 4 is 31.7 Å². The van der Waals surface area contributed by atoms with E-state index in [9.17, 15) is 13.2 Å². The van der Waals surface area contributed by atoms with Crippen molar-refractivity contribution in [2.45, 2.75) is 18.7 Å². The summed E-state index contributed by atoms with van der Waals surface area (Å²) in [5.74, 6) is 0. The van der Waals surface area contributed by atoms with Crippen molar-refractivity contribution in [1.82, 2.24) is 3.97 Å². The first kappa shape index (κ1) is 16.5. The van der Waals surface area contributed by atoms with Crippen molar-refractivity contribution in [3.05, 3.63) is 88.2 Å². The van der Waals surface area contributed by atoms with Crippen LogP contribution in [0.5, 0.6) is 0 Å². The van der Waals surface area contributed by atoms with Crippen LogP contribution in [0.25, 0.3) is 21.7 Å². The molecule has 4 rings (SSSR count). The lowest BCUT2D eigenvalue weighted by atomic mass is 10.0. The molecule has 0 saturated carbocycles. The standard InChI is InChI=1S/C21H17NO3S/c1-14-7-10-16(11-8-14)26(24,25)22-20-6-4-3-5-18(20)17-12-9-15(2)13-19(17)21(22)23/h3-13H,1-2H3. The Kier molecular flexibility index (Phi) is 3.70. The molecule has 4 aromatic rings. The van der Waals surface area contributed by atoms with Crippen LogP contribution in [0.4, 0.5) is 0 Å². The molecular weight excluding hydrogens is 346 g/mol. The van der Waals surface area contributed by atoms with Gasteiger partial charge in [-0.05, 0) is 43.5 Å². The molecule has 0 N–H and O–H groups in total. The Hall–Kier alpha value is -2.92. The smallest absolute Gasteiger partial charge is 0.268 e. The molecule has 0 fully saturated rings. The Labute approximate surface area is 151 Å². The normalized spacial score (nSPS) is 11.9. The van der Waals surface area contributed by atoms with Gasteiger partial charge in [0.05, 0.1) is 10.4 Å². The SMILES string of the molecule is Cc1ccc(S(=O)(=O)n2c(=O)c3cc(C)ccc3c3ccccc32)cc1. The van der Waals surface area contributed by atoms with E-state index in [-0.39, 0.29) is 4.90 Å². The summed E-state index contributed by atoms with van der Waals surface area (Å²) in [5, 5.41) is 1.89. The molecular formula is C21H17NO3S. The number of aromatic nitrogens is 1. The highest BCUT2D eigenvalue weighted by molar-refractivity contribution is 7.90. The molecule has 0 bridgehead atoms. The highest BCUT2D eigenvalue weighted by Gasteiger charge is 2.23. The van der Waals surface area contributed by atoms with Crippen molar-refractivity contribution in [2.75, 3.05) is 0 Å². The fourth-order valence-electron chi connectivity index (χ4n) is 3.22. The average molecular weight is 363 g/mol. The second kappa shape index (κ2) is 5.81. The van der Waals surface area contributed by atoms with Gasteiger partial charge in [0.1, 0.15) is 0 Å². The number of hydrogen-bond donors (Lipinski definition) is 0. The molecule has 130 valence electrons. The third kappa shape index (κ3) is 2.44. The second-order valence-corrected chi connectivity index (χ2v) is 8.24. The largest absolute Gasteiger partial charge is 0.272 e. The van der Waals surface area contributed by atoms with Gasteiger partial charge in [0, 0.05) is 10.8 Å². The molecule has 4 nitrogen and oxygen atoms in total. The van der Waals surface area contributed by atoms with Crippen LogP contribution in [0.2, 0.25) is 0 Å². The number of fused-ring (bicyclic) bond motifs is 3. The summed E-state index contributed by atoms with van der Waals surface area (Å²) in [6, 6.07) is 19.2. The fourth-order valence-corrected chi connectivity index (χ4v) is 4.65. The van der Waals surface area contributed by atoms with Crippen LogP contribution >= 0.6 is 0 Å². The fraction of sp³-hybridized carbons (Fsp3) is 0.0952. The van der Waals surface area contributed by atoms with E-state index < -0.39 is 15.6 Å². The zero-order chi connectivity index (χ0) is 18.5. The van der Waals surface area contributed by atoms with Crippen molar-refractivity contribution in [3.63, 3.8) is 0 Å². The Balaban J connectivity index is 2.19. The van der Waals surface area contributed by atoms with E-state index in [1.54, 1.807) is 30.3 Å². The maximum atomic E-state index is 13.3. The third-order valence-electron chi connectivity index (χ3n) is 4.56. The van der Waals surface area contributed by atoms with Crippen LogP contribution in [0.15, 0.2) is 76.4 Å².